The average Bonchev–Trinajstić information content (AvgIpc) is 3.20. The van der Waals surface area contributed by atoms with Gasteiger partial charge in [0.2, 0.25) is 0 Å². The molecule has 10 heteroatoms. The van der Waals surface area contributed by atoms with Gasteiger partial charge in [-0.05, 0) is 38.8 Å². The molecule has 0 aromatic carbocycles. The van der Waals surface area contributed by atoms with Crippen LogP contribution in [0.5, 0.6) is 0 Å². The van der Waals surface area contributed by atoms with Crippen molar-refractivity contribution in [3.63, 3.8) is 0 Å². The molecule has 9 nitrogen and oxygen atoms in total. The Labute approximate surface area is 172 Å². The number of rotatable bonds is 6. The third-order valence-electron chi connectivity index (χ3n) is 4.68. The topological polar surface area (TPSA) is 124 Å². The Bertz CT molecular complexity index is 1000. The lowest BCUT2D eigenvalue weighted by Gasteiger charge is -2.23. The number of thiazole rings is 1. The summed E-state index contributed by atoms with van der Waals surface area (Å²) >= 11 is 1.59. The quantitative estimate of drug-likeness (QED) is 0.565. The zero-order valence-corrected chi connectivity index (χ0v) is 16.8. The van der Waals surface area contributed by atoms with E-state index >= 15 is 0 Å². The van der Waals surface area contributed by atoms with Gasteiger partial charge < -0.3 is 16.0 Å². The van der Waals surface area contributed by atoms with Crippen LogP contribution in [0.15, 0.2) is 24.7 Å². The predicted octanol–water partition coefficient (Wildman–Crippen LogP) is 2.73. The number of aryl methyl sites for hydroxylation is 1. The smallest absolute Gasteiger partial charge is 0.158 e. The highest BCUT2D eigenvalue weighted by atomic mass is 32.1. The molecule has 1 fully saturated rings. The zero-order chi connectivity index (χ0) is 20.1. The summed E-state index contributed by atoms with van der Waals surface area (Å²) in [6.07, 6.45) is 7.07. The molecule has 1 aliphatic heterocycles. The maximum atomic E-state index is 8.85. The van der Waals surface area contributed by atoms with E-state index in [0.717, 1.165) is 53.7 Å². The summed E-state index contributed by atoms with van der Waals surface area (Å²) < 4.78 is 0. The maximum Gasteiger partial charge on any atom is 0.158 e. The van der Waals surface area contributed by atoms with E-state index in [-0.39, 0.29) is 5.69 Å². The molecule has 0 saturated carbocycles. The first-order valence-corrected chi connectivity index (χ1v) is 10.3. The Morgan fingerprint density at radius 2 is 2.00 bits per heavy atom. The highest BCUT2D eigenvalue weighted by Gasteiger charge is 2.17. The highest BCUT2D eigenvalue weighted by molar-refractivity contribution is 7.14. The molecular formula is C19H21N9S. The van der Waals surface area contributed by atoms with Gasteiger partial charge >= 0.3 is 0 Å². The van der Waals surface area contributed by atoms with Crippen LogP contribution in [0.1, 0.15) is 23.4 Å². The normalized spacial score (nSPS) is 14.3. The summed E-state index contributed by atoms with van der Waals surface area (Å²) in [6, 6.07) is 3.87. The fourth-order valence-corrected chi connectivity index (χ4v) is 3.89. The highest BCUT2D eigenvalue weighted by Crippen LogP contribution is 2.31. The largest absolute Gasteiger partial charge is 0.383 e. The molecule has 1 aliphatic rings. The first-order chi connectivity index (χ1) is 14.2. The van der Waals surface area contributed by atoms with Crippen molar-refractivity contribution in [2.45, 2.75) is 19.8 Å². The van der Waals surface area contributed by atoms with Gasteiger partial charge in [0.25, 0.3) is 0 Å². The number of hydrogen-bond donors (Lipinski definition) is 3. The van der Waals surface area contributed by atoms with E-state index in [1.807, 2.05) is 25.3 Å². The number of piperidine rings is 1. The molecule has 0 radical (unpaired) electrons. The molecule has 0 atom stereocenters. The van der Waals surface area contributed by atoms with Crippen LogP contribution >= 0.6 is 11.3 Å². The Hall–Kier alpha value is -3.16. The third kappa shape index (κ3) is 4.82. The molecule has 1 saturated heterocycles. The minimum absolute atomic E-state index is 0.264. The minimum Gasteiger partial charge on any atom is -0.383 e. The lowest BCUT2D eigenvalue weighted by Crippen LogP contribution is -2.31. The Balaban J connectivity index is 1.57. The van der Waals surface area contributed by atoms with Gasteiger partial charge in [-0.2, -0.15) is 5.26 Å². The summed E-state index contributed by atoms with van der Waals surface area (Å²) in [6.45, 7) is 5.02. The van der Waals surface area contributed by atoms with E-state index in [1.54, 1.807) is 11.3 Å². The fourth-order valence-electron chi connectivity index (χ4n) is 3.13. The maximum absolute atomic E-state index is 8.85. The van der Waals surface area contributed by atoms with Crippen LogP contribution in [0.25, 0.3) is 10.7 Å². The van der Waals surface area contributed by atoms with E-state index in [0.29, 0.717) is 17.6 Å². The van der Waals surface area contributed by atoms with E-state index < -0.39 is 0 Å². The SMILES string of the molecule is Cc1cnc(-c2nnc(Nc3cnc(C#N)cn3)cc2NCC2CCNCC2)s1. The Morgan fingerprint density at radius 3 is 2.69 bits per heavy atom. The number of aromatic nitrogens is 5. The van der Waals surface area contributed by atoms with Crippen LogP contribution in [0.4, 0.5) is 17.3 Å². The number of anilines is 3. The summed E-state index contributed by atoms with van der Waals surface area (Å²) in [5.74, 6) is 1.67. The van der Waals surface area contributed by atoms with E-state index in [9.17, 15) is 0 Å². The summed E-state index contributed by atoms with van der Waals surface area (Å²) in [7, 11) is 0. The lowest BCUT2D eigenvalue weighted by molar-refractivity contribution is 0.390. The van der Waals surface area contributed by atoms with Crippen molar-refractivity contribution in [3.8, 4) is 16.8 Å². The van der Waals surface area contributed by atoms with Gasteiger partial charge in [0.15, 0.2) is 11.5 Å². The molecule has 29 heavy (non-hydrogen) atoms. The van der Waals surface area contributed by atoms with Gasteiger partial charge in [0.1, 0.15) is 22.6 Å². The second kappa shape index (κ2) is 8.89. The average molecular weight is 408 g/mol. The summed E-state index contributed by atoms with van der Waals surface area (Å²) in [5, 5.41) is 28.4. The van der Waals surface area contributed by atoms with E-state index in [2.05, 4.69) is 41.1 Å². The van der Waals surface area contributed by atoms with Crippen molar-refractivity contribution in [3.05, 3.63) is 35.2 Å². The summed E-state index contributed by atoms with van der Waals surface area (Å²) in [4.78, 5) is 13.8. The van der Waals surface area contributed by atoms with Crippen molar-refractivity contribution in [1.29, 1.82) is 5.26 Å². The Kier molecular flexibility index (Phi) is 5.88. The number of nitriles is 1. The summed E-state index contributed by atoms with van der Waals surface area (Å²) in [5.41, 5.74) is 1.89. The van der Waals surface area contributed by atoms with Gasteiger partial charge in [0.05, 0.1) is 18.1 Å². The van der Waals surface area contributed by atoms with Gasteiger partial charge in [-0.3, -0.25) is 0 Å². The second-order valence-electron chi connectivity index (χ2n) is 6.87. The second-order valence-corrected chi connectivity index (χ2v) is 8.10. The molecule has 0 bridgehead atoms. The van der Waals surface area contributed by atoms with Crippen LogP contribution in [-0.2, 0) is 0 Å². The van der Waals surface area contributed by atoms with Crippen molar-refractivity contribution in [1.82, 2.24) is 30.5 Å². The minimum atomic E-state index is 0.264. The van der Waals surface area contributed by atoms with Gasteiger partial charge in [0, 0.05) is 23.7 Å². The van der Waals surface area contributed by atoms with E-state index in [1.165, 1.54) is 12.4 Å². The zero-order valence-electron chi connectivity index (χ0n) is 16.0. The molecule has 0 aliphatic carbocycles. The molecule has 3 aromatic heterocycles. The predicted molar refractivity (Wildman–Crippen MR) is 112 cm³/mol. The monoisotopic (exact) mass is 407 g/mol. The first kappa shape index (κ1) is 19.2. The number of nitrogens with one attached hydrogen (secondary N) is 3. The molecule has 148 valence electrons. The van der Waals surface area contributed by atoms with Crippen molar-refractivity contribution in [2.24, 2.45) is 5.92 Å². The third-order valence-corrected chi connectivity index (χ3v) is 5.60. The molecule has 3 aromatic rings. The number of nitrogens with zero attached hydrogens (tertiary/aromatic N) is 6. The molecule has 0 amide bonds. The van der Waals surface area contributed by atoms with Crippen molar-refractivity contribution in [2.75, 3.05) is 30.3 Å². The lowest BCUT2D eigenvalue weighted by atomic mass is 9.98. The van der Waals surface area contributed by atoms with Crippen LogP contribution < -0.4 is 16.0 Å². The molecule has 4 rings (SSSR count). The van der Waals surface area contributed by atoms with Crippen LogP contribution in [0.3, 0.4) is 0 Å². The van der Waals surface area contributed by atoms with Gasteiger partial charge in [-0.25, -0.2) is 15.0 Å². The van der Waals surface area contributed by atoms with Crippen LogP contribution in [0.2, 0.25) is 0 Å². The van der Waals surface area contributed by atoms with Gasteiger partial charge in [-0.15, -0.1) is 21.5 Å². The molecule has 3 N–H and O–H groups in total. The first-order valence-electron chi connectivity index (χ1n) is 9.45. The standard InChI is InChI=1S/C19H21N9S/c1-12-8-25-19(29-12)18-15(23-9-13-2-4-21-5-3-13)6-16(27-28-18)26-17-11-22-14(7-20)10-24-17/h6,8,10-11,13,21H,2-5,9H2,1H3,(H2,23,24,26,27). The van der Waals surface area contributed by atoms with Crippen molar-refractivity contribution < 1.29 is 0 Å². The van der Waals surface area contributed by atoms with Crippen molar-refractivity contribution >= 4 is 28.7 Å². The molecule has 0 unspecified atom stereocenters. The molecule has 0 spiro atoms. The number of hydrogen-bond acceptors (Lipinski definition) is 10. The molecular weight excluding hydrogens is 386 g/mol. The molecule has 4 heterocycles. The fraction of sp³-hybridized carbons (Fsp3) is 0.368. The van der Waals surface area contributed by atoms with E-state index in [4.69, 9.17) is 5.26 Å². The van der Waals surface area contributed by atoms with Crippen LogP contribution in [-0.4, -0.2) is 44.8 Å². The van der Waals surface area contributed by atoms with Crippen LogP contribution in [0, 0.1) is 24.2 Å². The Morgan fingerprint density at radius 1 is 1.14 bits per heavy atom. The van der Waals surface area contributed by atoms with Gasteiger partial charge in [-0.1, -0.05) is 0 Å².